The van der Waals surface area contributed by atoms with Crippen molar-refractivity contribution in [1.82, 2.24) is 5.32 Å². The first-order valence-electron chi connectivity index (χ1n) is 9.03. The Labute approximate surface area is 161 Å². The number of para-hydroxylation sites is 1. The van der Waals surface area contributed by atoms with E-state index in [0.717, 1.165) is 23.3 Å². The van der Waals surface area contributed by atoms with Gasteiger partial charge >= 0.3 is 0 Å². The van der Waals surface area contributed by atoms with Crippen molar-refractivity contribution in [2.75, 3.05) is 12.9 Å². The average Bonchev–Trinajstić information content (AvgIpc) is 2.65. The number of carbonyl (C=O) groups excluding carboxylic acids is 1. The van der Waals surface area contributed by atoms with E-state index in [1.807, 2.05) is 31.2 Å². The fourth-order valence-corrected chi connectivity index (χ4v) is 3.38. The van der Waals surface area contributed by atoms with Crippen molar-refractivity contribution in [2.24, 2.45) is 0 Å². The Hall–Kier alpha value is -2.34. The van der Waals surface area contributed by atoms with Crippen LogP contribution in [0.2, 0.25) is 0 Å². The van der Waals surface area contributed by atoms with E-state index >= 15 is 0 Å². The predicted octanol–water partition coefficient (Wildman–Crippen LogP) is 3.86. The first kappa shape index (κ1) is 21.0. The van der Waals surface area contributed by atoms with Gasteiger partial charge in [0.2, 0.25) is 0 Å². The van der Waals surface area contributed by atoms with Crippen molar-refractivity contribution in [3.05, 3.63) is 59.7 Å². The molecule has 0 aliphatic heterocycles. The highest BCUT2D eigenvalue weighted by molar-refractivity contribution is 7.90. The van der Waals surface area contributed by atoms with Gasteiger partial charge in [-0.2, -0.15) is 0 Å². The molecule has 0 bridgehead atoms. The molecule has 0 fully saturated rings. The molecule has 1 amide bonds. The van der Waals surface area contributed by atoms with E-state index in [4.69, 9.17) is 4.74 Å². The number of rotatable bonds is 8. The zero-order valence-corrected chi connectivity index (χ0v) is 17.0. The van der Waals surface area contributed by atoms with Crippen LogP contribution in [0.25, 0.3) is 0 Å². The van der Waals surface area contributed by atoms with Crippen LogP contribution in [0.1, 0.15) is 50.3 Å². The topological polar surface area (TPSA) is 72.5 Å². The summed E-state index contributed by atoms with van der Waals surface area (Å²) < 4.78 is 28.8. The molecule has 0 aromatic heterocycles. The van der Waals surface area contributed by atoms with Gasteiger partial charge in [0.1, 0.15) is 5.75 Å². The van der Waals surface area contributed by atoms with E-state index in [1.54, 1.807) is 24.3 Å². The highest BCUT2D eigenvalue weighted by Crippen LogP contribution is 2.28. The molecule has 2 aromatic rings. The summed E-state index contributed by atoms with van der Waals surface area (Å²) in [5.74, 6) is 0.859. The fourth-order valence-electron chi connectivity index (χ4n) is 2.75. The van der Waals surface area contributed by atoms with Gasteiger partial charge < -0.3 is 10.1 Å². The van der Waals surface area contributed by atoms with Gasteiger partial charge in [-0.05, 0) is 48.6 Å². The van der Waals surface area contributed by atoms with Crippen LogP contribution in [0.4, 0.5) is 0 Å². The summed E-state index contributed by atoms with van der Waals surface area (Å²) in [7, 11) is -3.23. The lowest BCUT2D eigenvalue weighted by Crippen LogP contribution is -2.31. The molecule has 2 aromatic carbocycles. The number of sulfone groups is 1. The second kappa shape index (κ2) is 9.04. The molecule has 0 heterocycles. The van der Waals surface area contributed by atoms with Crippen LogP contribution < -0.4 is 10.1 Å². The van der Waals surface area contributed by atoms with Crippen molar-refractivity contribution < 1.29 is 17.9 Å². The maximum absolute atomic E-state index is 12.2. The quantitative estimate of drug-likeness (QED) is 0.744. The molecule has 1 N–H and O–H groups in total. The van der Waals surface area contributed by atoms with Crippen molar-refractivity contribution in [3.8, 4) is 5.75 Å². The molecule has 0 radical (unpaired) electrons. The normalized spacial score (nSPS) is 13.6. The van der Waals surface area contributed by atoms with Gasteiger partial charge in [0.25, 0.3) is 5.91 Å². The van der Waals surface area contributed by atoms with Gasteiger partial charge in [0, 0.05) is 6.26 Å². The lowest BCUT2D eigenvalue weighted by molar-refractivity contribution is -0.123. The maximum Gasteiger partial charge on any atom is 0.258 e. The molecule has 27 heavy (non-hydrogen) atoms. The Morgan fingerprint density at radius 2 is 1.70 bits per heavy atom. The maximum atomic E-state index is 12.2. The highest BCUT2D eigenvalue weighted by Gasteiger charge is 2.14. The summed E-state index contributed by atoms with van der Waals surface area (Å²) in [6.07, 6.45) is 2.16. The minimum atomic E-state index is -3.23. The first-order valence-corrected chi connectivity index (χ1v) is 10.9. The molecule has 6 heteroatoms. The van der Waals surface area contributed by atoms with Crippen molar-refractivity contribution in [3.63, 3.8) is 0 Å². The Morgan fingerprint density at radius 3 is 2.30 bits per heavy atom. The number of benzene rings is 2. The zero-order chi connectivity index (χ0) is 20.0. The van der Waals surface area contributed by atoms with E-state index in [9.17, 15) is 13.2 Å². The Kier molecular flexibility index (Phi) is 7.02. The molecule has 5 nitrogen and oxygen atoms in total. The Morgan fingerprint density at radius 1 is 1.07 bits per heavy atom. The summed E-state index contributed by atoms with van der Waals surface area (Å²) in [5, 5.41) is 2.87. The molecular weight excluding hydrogens is 362 g/mol. The summed E-state index contributed by atoms with van der Waals surface area (Å²) in [6.45, 7) is 6.02. The lowest BCUT2D eigenvalue weighted by atomic mass is 9.98. The smallest absolute Gasteiger partial charge is 0.258 e. The van der Waals surface area contributed by atoms with Crippen LogP contribution in [0.15, 0.2) is 53.4 Å². The van der Waals surface area contributed by atoms with Crippen LogP contribution in [0.5, 0.6) is 5.75 Å². The number of carbonyl (C=O) groups is 1. The van der Waals surface area contributed by atoms with Crippen molar-refractivity contribution in [2.45, 2.75) is 44.0 Å². The summed E-state index contributed by atoms with van der Waals surface area (Å²) in [4.78, 5) is 12.5. The Balaban J connectivity index is 1.96. The molecule has 0 saturated carbocycles. The molecule has 0 aliphatic carbocycles. The summed E-state index contributed by atoms with van der Waals surface area (Å²) >= 11 is 0. The second-order valence-corrected chi connectivity index (χ2v) is 8.78. The molecule has 0 saturated heterocycles. The third kappa shape index (κ3) is 5.82. The van der Waals surface area contributed by atoms with E-state index in [0.29, 0.717) is 5.92 Å². The number of nitrogens with one attached hydrogen (secondary N) is 1. The third-order valence-electron chi connectivity index (χ3n) is 4.61. The third-order valence-corrected chi connectivity index (χ3v) is 5.74. The molecular formula is C21H27NO4S. The molecule has 0 unspecified atom stereocenters. The molecule has 146 valence electrons. The summed E-state index contributed by atoms with van der Waals surface area (Å²) in [5.41, 5.74) is 1.92. The second-order valence-electron chi connectivity index (χ2n) is 6.77. The number of hydrogen-bond donors (Lipinski definition) is 1. The number of hydrogen-bond acceptors (Lipinski definition) is 4. The zero-order valence-electron chi connectivity index (χ0n) is 16.2. The van der Waals surface area contributed by atoms with Gasteiger partial charge in [-0.3, -0.25) is 4.79 Å². The number of ether oxygens (including phenoxy) is 1. The van der Waals surface area contributed by atoms with Gasteiger partial charge in [-0.25, -0.2) is 8.42 Å². The van der Waals surface area contributed by atoms with Gasteiger partial charge in [0.15, 0.2) is 16.4 Å². The van der Waals surface area contributed by atoms with Crippen LogP contribution in [0, 0.1) is 0 Å². The van der Waals surface area contributed by atoms with E-state index in [2.05, 4.69) is 19.2 Å². The van der Waals surface area contributed by atoms with Gasteiger partial charge in [-0.1, -0.05) is 44.2 Å². The molecule has 2 rings (SSSR count). The molecule has 0 spiro atoms. The first-order chi connectivity index (χ1) is 12.7. The van der Waals surface area contributed by atoms with Crippen LogP contribution in [-0.2, 0) is 14.6 Å². The van der Waals surface area contributed by atoms with Gasteiger partial charge in [-0.15, -0.1) is 0 Å². The van der Waals surface area contributed by atoms with Crippen molar-refractivity contribution >= 4 is 15.7 Å². The van der Waals surface area contributed by atoms with Crippen LogP contribution in [-0.4, -0.2) is 27.2 Å². The van der Waals surface area contributed by atoms with E-state index < -0.39 is 9.84 Å². The highest BCUT2D eigenvalue weighted by atomic mass is 32.2. The fraction of sp³-hybridized carbons (Fsp3) is 0.381. The minimum Gasteiger partial charge on any atom is -0.483 e. The summed E-state index contributed by atoms with van der Waals surface area (Å²) in [6, 6.07) is 14.0. The average molecular weight is 390 g/mol. The predicted molar refractivity (Wildman–Crippen MR) is 107 cm³/mol. The van der Waals surface area contributed by atoms with E-state index in [-0.39, 0.29) is 23.5 Å². The standard InChI is InChI=1S/C21H27NO4S/c1-5-15(2)19-8-6-7-9-20(19)26-14-21(23)22-16(3)17-10-12-18(13-11-17)27(4,24)25/h6-13,15-16H,5,14H2,1-4H3,(H,22,23)/t15-,16-/m0/s1. The van der Waals surface area contributed by atoms with Crippen LogP contribution >= 0.6 is 0 Å². The van der Waals surface area contributed by atoms with Gasteiger partial charge in [0.05, 0.1) is 10.9 Å². The Bertz CT molecular complexity index is 875. The number of amides is 1. The van der Waals surface area contributed by atoms with Crippen molar-refractivity contribution in [1.29, 1.82) is 0 Å². The van der Waals surface area contributed by atoms with E-state index in [1.165, 1.54) is 6.26 Å². The molecule has 2 atom stereocenters. The largest absolute Gasteiger partial charge is 0.483 e. The molecule has 0 aliphatic rings. The minimum absolute atomic E-state index is 0.0702. The van der Waals surface area contributed by atoms with Crippen LogP contribution in [0.3, 0.4) is 0 Å². The monoisotopic (exact) mass is 389 g/mol. The lowest BCUT2D eigenvalue weighted by Gasteiger charge is -2.17. The SMILES string of the molecule is CC[C@H](C)c1ccccc1OCC(=O)N[C@@H](C)c1ccc(S(C)(=O)=O)cc1.